The molecule has 27 heavy (non-hydrogen) atoms. The lowest BCUT2D eigenvalue weighted by atomic mass is 9.46. The van der Waals surface area contributed by atoms with Gasteiger partial charge in [0.1, 0.15) is 0 Å². The van der Waals surface area contributed by atoms with E-state index in [0.29, 0.717) is 23.9 Å². The van der Waals surface area contributed by atoms with Crippen LogP contribution in [0.4, 0.5) is 0 Å². The van der Waals surface area contributed by atoms with E-state index < -0.39 is 0 Å². The number of aliphatic hydroxyl groups excluding tert-OH is 1. The van der Waals surface area contributed by atoms with Crippen molar-refractivity contribution in [3.05, 3.63) is 0 Å². The molecule has 4 rings (SSSR count). The Bertz CT molecular complexity index is 479. The SMILES string of the molecule is CC.C[C@H](CCCO)C1CCC2C3CCC4CCCCC4(C)C3CCC21N. The fourth-order valence-corrected chi connectivity index (χ4v) is 8.49. The van der Waals surface area contributed by atoms with Crippen LogP contribution in [0.15, 0.2) is 0 Å². The third-order valence-electron chi connectivity index (χ3n) is 9.74. The molecule has 0 bridgehead atoms. The van der Waals surface area contributed by atoms with Crippen molar-refractivity contribution in [1.29, 1.82) is 0 Å². The van der Waals surface area contributed by atoms with Crippen LogP contribution in [-0.4, -0.2) is 17.3 Å². The molecule has 4 aliphatic carbocycles. The molecule has 0 aliphatic heterocycles. The van der Waals surface area contributed by atoms with Gasteiger partial charge in [0.25, 0.3) is 0 Å². The monoisotopic (exact) mass is 377 g/mol. The summed E-state index contributed by atoms with van der Waals surface area (Å²) in [6, 6.07) is 0. The van der Waals surface area contributed by atoms with Crippen molar-refractivity contribution in [2.24, 2.45) is 46.7 Å². The number of rotatable bonds is 4. The fraction of sp³-hybridized carbons (Fsp3) is 1.00. The van der Waals surface area contributed by atoms with Crippen molar-refractivity contribution in [1.82, 2.24) is 0 Å². The van der Waals surface area contributed by atoms with Crippen LogP contribution in [0.3, 0.4) is 0 Å². The summed E-state index contributed by atoms with van der Waals surface area (Å²) in [4.78, 5) is 0. The first-order valence-electron chi connectivity index (χ1n) is 12.4. The Balaban J connectivity index is 0.00000102. The third-order valence-corrected chi connectivity index (χ3v) is 9.74. The molecule has 0 radical (unpaired) electrons. The van der Waals surface area contributed by atoms with Gasteiger partial charge in [0.2, 0.25) is 0 Å². The topological polar surface area (TPSA) is 46.2 Å². The largest absolute Gasteiger partial charge is 0.396 e. The van der Waals surface area contributed by atoms with Gasteiger partial charge in [0.05, 0.1) is 0 Å². The zero-order chi connectivity index (χ0) is 19.7. The van der Waals surface area contributed by atoms with Gasteiger partial charge in [-0.15, -0.1) is 0 Å². The van der Waals surface area contributed by atoms with Crippen molar-refractivity contribution in [3.63, 3.8) is 0 Å². The highest BCUT2D eigenvalue weighted by atomic mass is 16.2. The lowest BCUT2D eigenvalue weighted by Gasteiger charge is -2.60. The molecular weight excluding hydrogens is 330 g/mol. The lowest BCUT2D eigenvalue weighted by molar-refractivity contribution is -0.0950. The number of aliphatic hydroxyl groups is 1. The van der Waals surface area contributed by atoms with Crippen LogP contribution in [0.25, 0.3) is 0 Å². The first-order valence-corrected chi connectivity index (χ1v) is 12.4. The van der Waals surface area contributed by atoms with Crippen LogP contribution < -0.4 is 5.73 Å². The van der Waals surface area contributed by atoms with Gasteiger partial charge in [0, 0.05) is 12.1 Å². The summed E-state index contributed by atoms with van der Waals surface area (Å²) in [5.41, 5.74) is 7.97. The van der Waals surface area contributed by atoms with Crippen LogP contribution in [0.5, 0.6) is 0 Å². The molecule has 0 aromatic rings. The standard InChI is InChI=1S/C23H41NO.C2H6/c1-16(6-5-15-25)19-10-11-21-18-9-8-17-7-3-4-13-22(17,2)20(18)12-14-23(19,21)24;1-2/h16-21,25H,3-15,24H2,1-2H3;1-2H3/t16-,17?,18?,19?,20?,21?,22?,23?;/m1./s1. The Morgan fingerprint density at radius 2 is 1.74 bits per heavy atom. The van der Waals surface area contributed by atoms with E-state index >= 15 is 0 Å². The van der Waals surface area contributed by atoms with Gasteiger partial charge >= 0.3 is 0 Å². The van der Waals surface area contributed by atoms with Gasteiger partial charge in [-0.25, -0.2) is 0 Å². The maximum atomic E-state index is 9.22. The van der Waals surface area contributed by atoms with E-state index in [4.69, 9.17) is 5.73 Å². The second-order valence-electron chi connectivity index (χ2n) is 10.6. The molecule has 2 nitrogen and oxygen atoms in total. The fourth-order valence-electron chi connectivity index (χ4n) is 8.49. The molecule has 0 aromatic heterocycles. The van der Waals surface area contributed by atoms with E-state index in [1.807, 2.05) is 13.8 Å². The van der Waals surface area contributed by atoms with E-state index in [1.165, 1.54) is 64.2 Å². The first-order chi connectivity index (χ1) is 13.0. The molecule has 0 amide bonds. The lowest BCUT2D eigenvalue weighted by Crippen LogP contribution is -2.60. The quantitative estimate of drug-likeness (QED) is 0.616. The van der Waals surface area contributed by atoms with E-state index in [0.717, 1.165) is 36.5 Å². The predicted molar refractivity (Wildman–Crippen MR) is 115 cm³/mol. The van der Waals surface area contributed by atoms with Gasteiger partial charge in [-0.2, -0.15) is 0 Å². The van der Waals surface area contributed by atoms with Gasteiger partial charge in [-0.3, -0.25) is 0 Å². The Labute approximate surface area is 169 Å². The van der Waals surface area contributed by atoms with Gasteiger partial charge in [0.15, 0.2) is 0 Å². The number of hydrogen-bond donors (Lipinski definition) is 2. The van der Waals surface area contributed by atoms with Crippen molar-refractivity contribution >= 4 is 0 Å². The van der Waals surface area contributed by atoms with Crippen LogP contribution >= 0.6 is 0 Å². The maximum Gasteiger partial charge on any atom is 0.0431 e. The minimum atomic E-state index is 0.105. The number of nitrogens with two attached hydrogens (primary N) is 1. The maximum absolute atomic E-state index is 9.22. The van der Waals surface area contributed by atoms with E-state index in [2.05, 4.69) is 13.8 Å². The van der Waals surface area contributed by atoms with Crippen LogP contribution in [-0.2, 0) is 0 Å². The highest BCUT2D eigenvalue weighted by Crippen LogP contribution is 2.65. The van der Waals surface area contributed by atoms with E-state index in [-0.39, 0.29) is 5.54 Å². The second-order valence-corrected chi connectivity index (χ2v) is 10.6. The Morgan fingerprint density at radius 1 is 0.963 bits per heavy atom. The molecule has 158 valence electrons. The molecule has 4 fully saturated rings. The Kier molecular flexibility index (Phi) is 7.00. The molecule has 3 N–H and O–H groups in total. The number of hydrogen-bond acceptors (Lipinski definition) is 2. The van der Waals surface area contributed by atoms with Crippen LogP contribution in [0, 0.1) is 40.9 Å². The van der Waals surface area contributed by atoms with Crippen molar-refractivity contribution in [3.8, 4) is 0 Å². The first kappa shape index (κ1) is 21.6. The van der Waals surface area contributed by atoms with Crippen molar-refractivity contribution in [2.45, 2.75) is 110 Å². The highest BCUT2D eigenvalue weighted by molar-refractivity contribution is 5.13. The average molecular weight is 378 g/mol. The van der Waals surface area contributed by atoms with Crippen LogP contribution in [0.2, 0.25) is 0 Å². The molecule has 8 atom stereocenters. The Morgan fingerprint density at radius 3 is 2.48 bits per heavy atom. The zero-order valence-corrected chi connectivity index (χ0v) is 18.7. The second kappa shape index (κ2) is 8.74. The molecule has 7 unspecified atom stereocenters. The molecule has 2 heteroatoms. The smallest absolute Gasteiger partial charge is 0.0431 e. The summed E-state index contributed by atoms with van der Waals surface area (Å²) >= 11 is 0. The van der Waals surface area contributed by atoms with Crippen LogP contribution in [0.1, 0.15) is 105 Å². The minimum absolute atomic E-state index is 0.105. The van der Waals surface area contributed by atoms with E-state index in [1.54, 1.807) is 0 Å². The summed E-state index contributed by atoms with van der Waals surface area (Å²) in [6.07, 6.45) is 16.4. The molecule has 4 saturated carbocycles. The van der Waals surface area contributed by atoms with Gasteiger partial charge < -0.3 is 10.8 Å². The minimum Gasteiger partial charge on any atom is -0.396 e. The summed E-state index contributed by atoms with van der Waals surface area (Å²) in [7, 11) is 0. The molecular formula is C25H47NO. The molecule has 0 heterocycles. The summed E-state index contributed by atoms with van der Waals surface area (Å²) in [5, 5.41) is 9.22. The summed E-state index contributed by atoms with van der Waals surface area (Å²) in [6.45, 7) is 9.40. The molecule has 4 aliphatic rings. The van der Waals surface area contributed by atoms with Gasteiger partial charge in [-0.1, -0.05) is 40.5 Å². The average Bonchev–Trinajstić information content (AvgIpc) is 3.04. The summed E-state index contributed by atoms with van der Waals surface area (Å²) in [5.74, 6) is 5.04. The zero-order valence-electron chi connectivity index (χ0n) is 18.7. The normalized spacial score (nSPS) is 47.1. The molecule has 0 spiro atoms. The molecule has 0 aromatic carbocycles. The molecule has 0 saturated heterocycles. The number of fused-ring (bicyclic) bond motifs is 5. The Hall–Kier alpha value is -0.0800. The van der Waals surface area contributed by atoms with Gasteiger partial charge in [-0.05, 0) is 105 Å². The summed E-state index contributed by atoms with van der Waals surface area (Å²) < 4.78 is 0. The van der Waals surface area contributed by atoms with Crippen molar-refractivity contribution in [2.75, 3.05) is 6.61 Å². The highest BCUT2D eigenvalue weighted by Gasteiger charge is 2.60. The third kappa shape index (κ3) is 3.63. The van der Waals surface area contributed by atoms with E-state index in [9.17, 15) is 5.11 Å². The van der Waals surface area contributed by atoms with Crippen molar-refractivity contribution < 1.29 is 5.11 Å². The predicted octanol–water partition coefficient (Wildman–Crippen LogP) is 6.16.